The monoisotopic (exact) mass is 258 g/mol. The predicted octanol–water partition coefficient (Wildman–Crippen LogP) is 1.25. The van der Waals surface area contributed by atoms with Gasteiger partial charge in [0.05, 0.1) is 12.7 Å². The first kappa shape index (κ1) is 12.4. The van der Waals surface area contributed by atoms with E-state index in [0.717, 1.165) is 19.3 Å². The maximum absolute atomic E-state index is 11.3. The topological polar surface area (TPSA) is 85.5 Å². The molecule has 0 bridgehead atoms. The highest BCUT2D eigenvalue weighted by atomic mass is 32.2. The molecule has 0 radical (unpaired) electrons. The number of aliphatic hydroxyl groups is 1. The highest BCUT2D eigenvalue weighted by Crippen LogP contribution is 2.34. The fourth-order valence-electron chi connectivity index (χ4n) is 1.71. The van der Waals surface area contributed by atoms with Crippen LogP contribution in [-0.2, 0) is 4.74 Å². The molecule has 0 aromatic carbocycles. The van der Waals surface area contributed by atoms with Crippen LogP contribution < -0.4 is 0 Å². The number of ether oxygens (including phenoxy) is 1. The zero-order chi connectivity index (χ0) is 12.3. The zero-order valence-electron chi connectivity index (χ0n) is 9.46. The molecule has 1 N–H and O–H groups in total. The molecule has 1 heterocycles. The van der Waals surface area contributed by atoms with Crippen molar-refractivity contribution in [1.82, 2.24) is 10.2 Å². The molecule has 2 atom stereocenters. The molecule has 1 saturated carbocycles. The number of hydrogen-bond donors (Lipinski definition) is 1. The van der Waals surface area contributed by atoms with E-state index in [1.807, 2.05) is 0 Å². The first-order valence-corrected chi connectivity index (χ1v) is 6.44. The van der Waals surface area contributed by atoms with E-state index in [9.17, 15) is 9.90 Å². The summed E-state index contributed by atoms with van der Waals surface area (Å²) in [6.07, 6.45) is 2.38. The van der Waals surface area contributed by atoms with Gasteiger partial charge in [0, 0.05) is 5.25 Å². The third-order valence-corrected chi connectivity index (χ3v) is 3.75. The Morgan fingerprint density at radius 1 is 1.59 bits per heavy atom. The third-order valence-electron chi connectivity index (χ3n) is 2.53. The van der Waals surface area contributed by atoms with Crippen molar-refractivity contribution in [2.45, 2.75) is 42.8 Å². The summed E-state index contributed by atoms with van der Waals surface area (Å²) in [5.41, 5.74) is 0. The first-order chi connectivity index (χ1) is 8.20. The normalized spacial score (nSPS) is 23.9. The summed E-state index contributed by atoms with van der Waals surface area (Å²) in [5, 5.41) is 17.4. The molecule has 1 aromatic rings. The Labute approximate surface area is 103 Å². The highest BCUT2D eigenvalue weighted by molar-refractivity contribution is 7.99. The molecule has 0 saturated heterocycles. The van der Waals surface area contributed by atoms with Gasteiger partial charge >= 0.3 is 11.9 Å². The minimum atomic E-state index is -0.612. The lowest BCUT2D eigenvalue weighted by atomic mass is 10.3. The summed E-state index contributed by atoms with van der Waals surface area (Å²) in [6, 6.07) is 0. The maximum Gasteiger partial charge on any atom is 0.396 e. The number of nitrogens with zero attached hydrogens (tertiary/aromatic N) is 2. The van der Waals surface area contributed by atoms with Gasteiger partial charge in [0.1, 0.15) is 0 Å². The second-order valence-corrected chi connectivity index (χ2v) is 4.94. The molecule has 17 heavy (non-hydrogen) atoms. The molecule has 2 unspecified atom stereocenters. The SMILES string of the molecule is CCOC(=O)c1nnc(SC2CCCC2O)o1. The fourth-order valence-corrected chi connectivity index (χ4v) is 2.76. The molecule has 0 spiro atoms. The quantitative estimate of drug-likeness (QED) is 0.813. The molecule has 2 rings (SSSR count). The minimum Gasteiger partial charge on any atom is -0.459 e. The number of thioether (sulfide) groups is 1. The summed E-state index contributed by atoms with van der Waals surface area (Å²) in [7, 11) is 0. The first-order valence-electron chi connectivity index (χ1n) is 5.56. The Morgan fingerprint density at radius 3 is 3.06 bits per heavy atom. The maximum atomic E-state index is 11.3. The van der Waals surface area contributed by atoms with Crippen LogP contribution in [-0.4, -0.2) is 39.2 Å². The number of rotatable bonds is 4. The molecule has 1 aromatic heterocycles. The summed E-state index contributed by atoms with van der Waals surface area (Å²) in [6.45, 7) is 1.98. The molecule has 1 fully saturated rings. The third kappa shape index (κ3) is 2.98. The highest BCUT2D eigenvalue weighted by Gasteiger charge is 2.28. The molecule has 0 amide bonds. The van der Waals surface area contributed by atoms with Gasteiger partial charge in [0.15, 0.2) is 0 Å². The van der Waals surface area contributed by atoms with E-state index < -0.39 is 5.97 Å². The second kappa shape index (κ2) is 5.50. The van der Waals surface area contributed by atoms with Gasteiger partial charge in [-0.25, -0.2) is 4.79 Å². The van der Waals surface area contributed by atoms with Crippen LogP contribution in [0.5, 0.6) is 0 Å². The zero-order valence-corrected chi connectivity index (χ0v) is 10.3. The summed E-state index contributed by atoms with van der Waals surface area (Å²) >= 11 is 1.32. The molecule has 1 aliphatic rings. The minimum absolute atomic E-state index is 0.0745. The van der Waals surface area contributed by atoms with Crippen LogP contribution >= 0.6 is 11.8 Å². The predicted molar refractivity (Wildman–Crippen MR) is 59.8 cm³/mol. The molecule has 94 valence electrons. The van der Waals surface area contributed by atoms with Crippen molar-refractivity contribution in [2.75, 3.05) is 6.61 Å². The van der Waals surface area contributed by atoms with E-state index >= 15 is 0 Å². The van der Waals surface area contributed by atoms with Gasteiger partial charge in [-0.15, -0.1) is 5.10 Å². The van der Waals surface area contributed by atoms with Gasteiger partial charge in [-0.05, 0) is 26.2 Å². The molecule has 7 heteroatoms. The van der Waals surface area contributed by atoms with Crippen molar-refractivity contribution in [3.05, 3.63) is 5.89 Å². The van der Waals surface area contributed by atoms with Crippen molar-refractivity contribution in [3.63, 3.8) is 0 Å². The molecule has 0 aliphatic heterocycles. The van der Waals surface area contributed by atoms with Crippen LogP contribution in [0.1, 0.15) is 36.9 Å². The van der Waals surface area contributed by atoms with Crippen molar-refractivity contribution in [3.8, 4) is 0 Å². The van der Waals surface area contributed by atoms with Crippen molar-refractivity contribution in [1.29, 1.82) is 0 Å². The average Bonchev–Trinajstić information content (AvgIpc) is 2.90. The van der Waals surface area contributed by atoms with Gasteiger partial charge in [0.2, 0.25) is 0 Å². The average molecular weight is 258 g/mol. The summed E-state index contributed by atoms with van der Waals surface area (Å²) in [4.78, 5) is 11.3. The van der Waals surface area contributed by atoms with Crippen molar-refractivity contribution < 1.29 is 19.1 Å². The number of carbonyl (C=O) groups is 1. The van der Waals surface area contributed by atoms with Crippen LogP contribution in [0.15, 0.2) is 9.64 Å². The Morgan fingerprint density at radius 2 is 2.41 bits per heavy atom. The Kier molecular flexibility index (Phi) is 4.01. The molecule has 1 aliphatic carbocycles. The molecular weight excluding hydrogens is 244 g/mol. The van der Waals surface area contributed by atoms with Crippen LogP contribution in [0.3, 0.4) is 0 Å². The van der Waals surface area contributed by atoms with E-state index in [2.05, 4.69) is 10.2 Å². The fraction of sp³-hybridized carbons (Fsp3) is 0.700. The lowest BCUT2D eigenvalue weighted by molar-refractivity contribution is 0.0475. The van der Waals surface area contributed by atoms with Crippen LogP contribution in [0, 0.1) is 0 Å². The van der Waals surface area contributed by atoms with Crippen LogP contribution in [0.25, 0.3) is 0 Å². The number of aliphatic hydroxyl groups excluding tert-OH is 1. The van der Waals surface area contributed by atoms with Crippen LogP contribution in [0.2, 0.25) is 0 Å². The molecular formula is C10H14N2O4S. The Bertz CT molecular complexity index is 395. The van der Waals surface area contributed by atoms with E-state index in [1.54, 1.807) is 6.92 Å². The Hall–Kier alpha value is -1.08. The lowest BCUT2D eigenvalue weighted by Gasteiger charge is -2.09. The van der Waals surface area contributed by atoms with E-state index in [4.69, 9.17) is 9.15 Å². The van der Waals surface area contributed by atoms with Gasteiger partial charge in [-0.1, -0.05) is 16.9 Å². The van der Waals surface area contributed by atoms with E-state index in [-0.39, 0.29) is 23.9 Å². The van der Waals surface area contributed by atoms with Crippen molar-refractivity contribution >= 4 is 17.7 Å². The number of carbonyl (C=O) groups excluding carboxylic acids is 1. The van der Waals surface area contributed by atoms with E-state index in [0.29, 0.717) is 5.22 Å². The standard InChI is InChI=1S/C10H14N2O4S/c1-2-15-9(14)8-11-12-10(16-8)17-7-5-3-4-6(7)13/h6-7,13H,2-5H2,1H3. The summed E-state index contributed by atoms with van der Waals surface area (Å²) in [5.74, 6) is -0.749. The van der Waals surface area contributed by atoms with Gasteiger partial charge in [-0.3, -0.25) is 0 Å². The lowest BCUT2D eigenvalue weighted by Crippen LogP contribution is -2.14. The second-order valence-electron chi connectivity index (χ2n) is 3.75. The largest absolute Gasteiger partial charge is 0.459 e. The number of hydrogen-bond acceptors (Lipinski definition) is 7. The molecule has 6 nitrogen and oxygen atoms in total. The number of aromatic nitrogens is 2. The van der Waals surface area contributed by atoms with Gasteiger partial charge in [-0.2, -0.15) is 0 Å². The number of esters is 1. The van der Waals surface area contributed by atoms with Gasteiger partial charge < -0.3 is 14.3 Å². The Balaban J connectivity index is 1.96. The van der Waals surface area contributed by atoms with Crippen LogP contribution in [0.4, 0.5) is 0 Å². The van der Waals surface area contributed by atoms with Crippen molar-refractivity contribution in [2.24, 2.45) is 0 Å². The van der Waals surface area contributed by atoms with E-state index in [1.165, 1.54) is 11.8 Å². The smallest absolute Gasteiger partial charge is 0.396 e. The van der Waals surface area contributed by atoms with Gasteiger partial charge in [0.25, 0.3) is 5.22 Å². The summed E-state index contributed by atoms with van der Waals surface area (Å²) < 4.78 is 9.90.